The van der Waals surface area contributed by atoms with Crippen LogP contribution in [-0.4, -0.2) is 64.8 Å². The molecule has 1 fully saturated rings. The molecule has 2 aromatic rings. The van der Waals surface area contributed by atoms with Gasteiger partial charge in [0.15, 0.2) is 0 Å². The predicted octanol–water partition coefficient (Wildman–Crippen LogP) is 2.59. The Morgan fingerprint density at radius 1 is 1.36 bits per heavy atom. The Bertz CT molecular complexity index is 903. The van der Waals surface area contributed by atoms with Crippen LogP contribution in [0.1, 0.15) is 37.7 Å². The zero-order valence-electron chi connectivity index (χ0n) is 16.8. The van der Waals surface area contributed by atoms with E-state index in [2.05, 4.69) is 23.0 Å². The van der Waals surface area contributed by atoms with Crippen molar-refractivity contribution in [2.75, 3.05) is 27.2 Å². The van der Waals surface area contributed by atoms with Gasteiger partial charge < -0.3 is 19.5 Å². The molecule has 2 aliphatic heterocycles. The molecule has 0 radical (unpaired) electrons. The lowest BCUT2D eigenvalue weighted by molar-refractivity contribution is 0.0844. The number of aromatic amines is 1. The molecule has 0 bridgehead atoms. The number of carbonyl (C=O) groups excluding carboxylic acids is 1. The number of hydrogen-bond acceptors (Lipinski definition) is 4. The maximum absolute atomic E-state index is 12.3. The third-order valence-electron chi connectivity index (χ3n) is 6.43. The molecule has 3 heterocycles. The maximum Gasteiger partial charge on any atom is 0.409 e. The number of amides is 1. The lowest BCUT2D eigenvalue weighted by Crippen LogP contribution is -2.45. The Hall–Kier alpha value is -2.28. The number of methoxy groups -OCH3 is 1. The summed E-state index contributed by atoms with van der Waals surface area (Å²) in [6, 6.07) is 6.72. The van der Waals surface area contributed by atoms with E-state index in [9.17, 15) is 9.59 Å². The first-order chi connectivity index (χ1) is 13.6. The van der Waals surface area contributed by atoms with Crippen LogP contribution in [-0.2, 0) is 17.7 Å². The second-order valence-electron chi connectivity index (χ2n) is 8.15. The van der Waals surface area contributed by atoms with Crippen molar-refractivity contribution >= 4 is 17.1 Å². The number of rotatable bonds is 5. The number of aromatic nitrogens is 2. The summed E-state index contributed by atoms with van der Waals surface area (Å²) in [6.07, 6.45) is 6.10. The molecule has 0 spiro atoms. The van der Waals surface area contributed by atoms with Crippen molar-refractivity contribution in [2.45, 2.75) is 57.2 Å². The zero-order valence-corrected chi connectivity index (χ0v) is 16.8. The number of benzene rings is 1. The Kier molecular flexibility index (Phi) is 5.44. The molecule has 0 saturated carbocycles. The molecule has 1 aromatic heterocycles. The number of hydrogen-bond donors (Lipinski definition) is 1. The molecule has 4 rings (SSSR count). The quantitative estimate of drug-likeness (QED) is 0.857. The molecule has 1 unspecified atom stereocenters. The molecule has 1 aromatic carbocycles. The first-order valence-electron chi connectivity index (χ1n) is 10.3. The SMILES string of the molecule is COC(=O)N1CCCCC1CCCN(C)[C@@H]1Cc2cccc3[nH]c(=O)n(c23)C1. The van der Waals surface area contributed by atoms with E-state index in [-0.39, 0.29) is 17.8 Å². The van der Waals surface area contributed by atoms with Gasteiger partial charge in [-0.15, -0.1) is 0 Å². The van der Waals surface area contributed by atoms with Gasteiger partial charge in [0.05, 0.1) is 18.1 Å². The summed E-state index contributed by atoms with van der Waals surface area (Å²) >= 11 is 0. The van der Waals surface area contributed by atoms with Crippen molar-refractivity contribution in [1.29, 1.82) is 0 Å². The van der Waals surface area contributed by atoms with Crippen molar-refractivity contribution in [3.8, 4) is 0 Å². The number of piperidine rings is 1. The predicted molar refractivity (Wildman–Crippen MR) is 109 cm³/mol. The Morgan fingerprint density at radius 2 is 2.21 bits per heavy atom. The number of likely N-dealkylation sites (N-methyl/N-ethyl adjacent to an activating group) is 1. The third-order valence-corrected chi connectivity index (χ3v) is 6.43. The van der Waals surface area contributed by atoms with Crippen molar-refractivity contribution in [3.63, 3.8) is 0 Å². The van der Waals surface area contributed by atoms with Crippen LogP contribution in [0.2, 0.25) is 0 Å². The van der Waals surface area contributed by atoms with Crippen molar-refractivity contribution in [1.82, 2.24) is 19.4 Å². The van der Waals surface area contributed by atoms with E-state index in [0.29, 0.717) is 6.04 Å². The van der Waals surface area contributed by atoms with Crippen LogP contribution in [0.3, 0.4) is 0 Å². The minimum absolute atomic E-state index is 0.0172. The number of likely N-dealkylation sites (tertiary alicyclic amines) is 1. The first-order valence-corrected chi connectivity index (χ1v) is 10.3. The van der Waals surface area contributed by atoms with Crippen molar-refractivity contribution in [3.05, 3.63) is 34.2 Å². The molecule has 7 nitrogen and oxygen atoms in total. The number of para-hydroxylation sites is 1. The number of imidazole rings is 1. The van der Waals surface area contributed by atoms with Gasteiger partial charge in [0, 0.05) is 25.2 Å². The van der Waals surface area contributed by atoms with Gasteiger partial charge in [-0.25, -0.2) is 9.59 Å². The van der Waals surface area contributed by atoms with Crippen LogP contribution in [0.5, 0.6) is 0 Å². The topological polar surface area (TPSA) is 70.6 Å². The zero-order chi connectivity index (χ0) is 19.7. The highest BCUT2D eigenvalue weighted by Crippen LogP contribution is 2.25. The molecule has 2 aliphatic rings. The van der Waals surface area contributed by atoms with Crippen LogP contribution < -0.4 is 5.69 Å². The molecule has 1 amide bonds. The summed E-state index contributed by atoms with van der Waals surface area (Å²) in [6.45, 7) is 2.49. The normalized spacial score (nSPS) is 22.0. The van der Waals surface area contributed by atoms with Crippen molar-refractivity contribution < 1.29 is 9.53 Å². The van der Waals surface area contributed by atoms with Gasteiger partial charge in [0.25, 0.3) is 0 Å². The number of nitrogens with zero attached hydrogens (tertiary/aromatic N) is 3. The number of H-pyrrole nitrogens is 1. The van der Waals surface area contributed by atoms with Crippen LogP contribution >= 0.6 is 0 Å². The molecule has 0 aliphatic carbocycles. The second-order valence-corrected chi connectivity index (χ2v) is 8.15. The second kappa shape index (κ2) is 7.99. The van der Waals surface area contributed by atoms with Crippen LogP contribution in [0.15, 0.2) is 23.0 Å². The van der Waals surface area contributed by atoms with Crippen LogP contribution in [0.25, 0.3) is 11.0 Å². The molecule has 2 atom stereocenters. The average Bonchev–Trinajstić information content (AvgIpc) is 3.04. The Labute approximate surface area is 165 Å². The highest BCUT2D eigenvalue weighted by Gasteiger charge is 2.28. The van der Waals surface area contributed by atoms with Crippen LogP contribution in [0.4, 0.5) is 4.79 Å². The van der Waals surface area contributed by atoms with Gasteiger partial charge >= 0.3 is 11.8 Å². The number of nitrogens with one attached hydrogen (secondary N) is 1. The molecular weight excluding hydrogens is 356 g/mol. The van der Waals surface area contributed by atoms with E-state index in [4.69, 9.17) is 4.74 Å². The van der Waals surface area contributed by atoms with E-state index >= 15 is 0 Å². The summed E-state index contributed by atoms with van der Waals surface area (Å²) < 4.78 is 6.83. The van der Waals surface area contributed by atoms with E-state index in [0.717, 1.165) is 62.8 Å². The largest absolute Gasteiger partial charge is 0.453 e. The van der Waals surface area contributed by atoms with Gasteiger partial charge in [-0.3, -0.25) is 4.57 Å². The smallest absolute Gasteiger partial charge is 0.409 e. The summed E-state index contributed by atoms with van der Waals surface area (Å²) in [5.74, 6) is 0. The molecule has 152 valence electrons. The molecule has 1 saturated heterocycles. The lowest BCUT2D eigenvalue weighted by atomic mass is 9.97. The van der Waals surface area contributed by atoms with Gasteiger partial charge in [-0.1, -0.05) is 12.1 Å². The first kappa shape index (κ1) is 19.1. The van der Waals surface area contributed by atoms with Gasteiger partial charge in [-0.2, -0.15) is 0 Å². The maximum atomic E-state index is 12.3. The van der Waals surface area contributed by atoms with Gasteiger partial charge in [0.1, 0.15) is 0 Å². The minimum Gasteiger partial charge on any atom is -0.453 e. The van der Waals surface area contributed by atoms with Crippen molar-refractivity contribution in [2.24, 2.45) is 0 Å². The summed E-state index contributed by atoms with van der Waals surface area (Å²) in [7, 11) is 3.61. The summed E-state index contributed by atoms with van der Waals surface area (Å²) in [5.41, 5.74) is 3.22. The van der Waals surface area contributed by atoms with E-state index in [1.165, 1.54) is 19.1 Å². The van der Waals surface area contributed by atoms with E-state index in [1.807, 2.05) is 21.6 Å². The standard InChI is InChI=1S/C21H30N4O3/c1-23(11-6-9-16-8-3-4-12-24(16)21(27)28-2)17-13-15-7-5-10-18-19(15)25(14-17)20(26)22-18/h5,7,10,16-17H,3-4,6,8-9,11-14H2,1-2H3,(H,22,26)/t16?,17-/m1/s1. The lowest BCUT2D eigenvalue weighted by Gasteiger charge is -2.36. The molecular formula is C21H30N4O3. The fourth-order valence-electron chi connectivity index (χ4n) is 4.88. The monoisotopic (exact) mass is 386 g/mol. The Morgan fingerprint density at radius 3 is 3.04 bits per heavy atom. The fourth-order valence-corrected chi connectivity index (χ4v) is 4.88. The summed E-state index contributed by atoms with van der Waals surface area (Å²) in [5, 5.41) is 0. The highest BCUT2D eigenvalue weighted by atomic mass is 16.5. The van der Waals surface area contributed by atoms with Gasteiger partial charge in [-0.05, 0) is 63.7 Å². The Balaban J connectivity index is 1.36. The summed E-state index contributed by atoms with van der Waals surface area (Å²) in [4.78, 5) is 31.5. The van der Waals surface area contributed by atoms with E-state index in [1.54, 1.807) is 0 Å². The highest BCUT2D eigenvalue weighted by molar-refractivity contribution is 5.79. The molecule has 7 heteroatoms. The fraction of sp³-hybridized carbons (Fsp3) is 0.619. The molecule has 28 heavy (non-hydrogen) atoms. The van der Waals surface area contributed by atoms with Crippen LogP contribution in [0, 0.1) is 0 Å². The average molecular weight is 386 g/mol. The third kappa shape index (κ3) is 3.55. The minimum atomic E-state index is -0.196. The van der Waals surface area contributed by atoms with Gasteiger partial charge in [0.2, 0.25) is 0 Å². The number of ether oxygens (including phenoxy) is 1. The molecule has 1 N–H and O–H groups in total. The number of carbonyl (C=O) groups is 1. The van der Waals surface area contributed by atoms with E-state index < -0.39 is 0 Å².